The van der Waals surface area contributed by atoms with E-state index in [4.69, 9.17) is 0 Å². The van der Waals surface area contributed by atoms with Gasteiger partial charge in [0, 0.05) is 24.2 Å². The van der Waals surface area contributed by atoms with E-state index in [1.165, 1.54) is 6.07 Å². The van der Waals surface area contributed by atoms with E-state index in [2.05, 4.69) is 0 Å². The minimum Gasteiger partial charge on any atom is -0.508 e. The Bertz CT molecular complexity index is 759. The third-order valence-corrected chi connectivity index (χ3v) is 5.12. The van der Waals surface area contributed by atoms with E-state index < -0.39 is 0 Å². The highest BCUT2D eigenvalue weighted by Crippen LogP contribution is 2.26. The Morgan fingerprint density at radius 3 is 2.84 bits per heavy atom. The van der Waals surface area contributed by atoms with E-state index in [1.807, 2.05) is 17.0 Å². The molecule has 1 heterocycles. The first-order valence-electron chi connectivity index (χ1n) is 8.87. The van der Waals surface area contributed by atoms with Crippen molar-refractivity contribution in [2.45, 2.75) is 32.6 Å². The third kappa shape index (κ3) is 4.01. The van der Waals surface area contributed by atoms with Crippen molar-refractivity contribution in [1.82, 2.24) is 4.90 Å². The van der Waals surface area contributed by atoms with Gasteiger partial charge in [0.2, 0.25) is 0 Å². The second kappa shape index (κ2) is 7.68. The number of hydrogen-bond donors (Lipinski definition) is 1. The van der Waals surface area contributed by atoms with E-state index in [1.54, 1.807) is 31.2 Å². The van der Waals surface area contributed by atoms with Crippen LogP contribution in [0.2, 0.25) is 0 Å². The van der Waals surface area contributed by atoms with Crippen LogP contribution in [0.5, 0.6) is 5.75 Å². The minimum atomic E-state index is -0.151. The molecular formula is C21H24FNO2. The van der Waals surface area contributed by atoms with Gasteiger partial charge in [-0.1, -0.05) is 24.3 Å². The van der Waals surface area contributed by atoms with E-state index in [0.29, 0.717) is 30.0 Å². The Hall–Kier alpha value is -2.36. The SMILES string of the molecule is Cc1c(O)cccc1C(=O)N1CCC[C@@H](CCc2ccccc2F)C1. The zero-order valence-corrected chi connectivity index (χ0v) is 14.5. The normalized spacial score (nSPS) is 17.5. The number of benzene rings is 2. The number of piperidine rings is 1. The number of rotatable bonds is 4. The summed E-state index contributed by atoms with van der Waals surface area (Å²) >= 11 is 0. The molecule has 3 nitrogen and oxygen atoms in total. The van der Waals surface area contributed by atoms with Crippen LogP contribution in [-0.4, -0.2) is 29.0 Å². The summed E-state index contributed by atoms with van der Waals surface area (Å²) in [6.07, 6.45) is 3.61. The van der Waals surface area contributed by atoms with Gasteiger partial charge in [0.1, 0.15) is 11.6 Å². The maximum Gasteiger partial charge on any atom is 0.254 e. The van der Waals surface area contributed by atoms with Crippen LogP contribution in [0, 0.1) is 18.7 Å². The van der Waals surface area contributed by atoms with Crippen LogP contribution in [-0.2, 0) is 6.42 Å². The average Bonchev–Trinajstić information content (AvgIpc) is 2.63. The van der Waals surface area contributed by atoms with Crippen LogP contribution in [0.25, 0.3) is 0 Å². The van der Waals surface area contributed by atoms with Crippen LogP contribution in [0.4, 0.5) is 4.39 Å². The van der Waals surface area contributed by atoms with Gasteiger partial charge in [-0.2, -0.15) is 0 Å². The monoisotopic (exact) mass is 341 g/mol. The molecule has 2 aromatic rings. The number of aromatic hydroxyl groups is 1. The van der Waals surface area contributed by atoms with E-state index in [9.17, 15) is 14.3 Å². The first kappa shape index (κ1) is 17.5. The lowest BCUT2D eigenvalue weighted by Gasteiger charge is -2.33. The van der Waals surface area contributed by atoms with Gasteiger partial charge in [-0.05, 0) is 62.3 Å². The highest BCUT2D eigenvalue weighted by Gasteiger charge is 2.25. The lowest BCUT2D eigenvalue weighted by molar-refractivity contribution is 0.0667. The Kier molecular flexibility index (Phi) is 5.37. The van der Waals surface area contributed by atoms with Crippen LogP contribution in [0.1, 0.15) is 40.7 Å². The Morgan fingerprint density at radius 2 is 2.04 bits per heavy atom. The molecule has 1 aliphatic heterocycles. The molecule has 0 spiro atoms. The maximum atomic E-state index is 13.8. The quantitative estimate of drug-likeness (QED) is 0.899. The topological polar surface area (TPSA) is 40.5 Å². The molecule has 0 aliphatic carbocycles. The number of phenols is 1. The standard InChI is InChI=1S/C21H24FNO2/c1-15-18(8-4-10-20(15)24)21(25)23-13-5-6-16(14-23)11-12-17-7-2-3-9-19(17)22/h2-4,7-10,16,24H,5-6,11-14H2,1H3/t16-/m0/s1. The fourth-order valence-electron chi connectivity index (χ4n) is 3.57. The molecule has 0 unspecified atom stereocenters. The lowest BCUT2D eigenvalue weighted by Crippen LogP contribution is -2.40. The van der Waals surface area contributed by atoms with Gasteiger partial charge >= 0.3 is 0 Å². The first-order valence-corrected chi connectivity index (χ1v) is 8.87. The third-order valence-electron chi connectivity index (χ3n) is 5.12. The summed E-state index contributed by atoms with van der Waals surface area (Å²) in [5, 5.41) is 9.83. The molecule has 0 saturated carbocycles. The molecule has 0 aromatic heterocycles. The van der Waals surface area contributed by atoms with Gasteiger partial charge in [-0.3, -0.25) is 4.79 Å². The molecule has 1 atom stereocenters. The van der Waals surface area contributed by atoms with Crippen LogP contribution >= 0.6 is 0 Å². The van der Waals surface area contributed by atoms with Gasteiger partial charge < -0.3 is 10.0 Å². The summed E-state index contributed by atoms with van der Waals surface area (Å²) < 4.78 is 13.8. The molecule has 25 heavy (non-hydrogen) atoms. The summed E-state index contributed by atoms with van der Waals surface area (Å²) in [5.74, 6) is 0.361. The molecule has 2 aromatic carbocycles. The van der Waals surface area contributed by atoms with Crippen LogP contribution in [0.15, 0.2) is 42.5 Å². The van der Waals surface area contributed by atoms with Crippen molar-refractivity contribution in [3.63, 3.8) is 0 Å². The maximum absolute atomic E-state index is 13.8. The zero-order chi connectivity index (χ0) is 17.8. The number of likely N-dealkylation sites (tertiary alicyclic amines) is 1. The van der Waals surface area contributed by atoms with Gasteiger partial charge in [0.15, 0.2) is 0 Å². The van der Waals surface area contributed by atoms with Crippen LogP contribution < -0.4 is 0 Å². The van der Waals surface area contributed by atoms with Crippen molar-refractivity contribution < 1.29 is 14.3 Å². The summed E-state index contributed by atoms with van der Waals surface area (Å²) in [4.78, 5) is 14.7. The number of carbonyl (C=O) groups excluding carboxylic acids is 1. The second-order valence-electron chi connectivity index (χ2n) is 6.84. The van der Waals surface area contributed by atoms with Gasteiger partial charge in [0.25, 0.3) is 5.91 Å². The average molecular weight is 341 g/mol. The molecule has 1 fully saturated rings. The van der Waals surface area contributed by atoms with Crippen molar-refractivity contribution in [1.29, 1.82) is 0 Å². The summed E-state index contributed by atoms with van der Waals surface area (Å²) in [5.41, 5.74) is 1.94. The van der Waals surface area contributed by atoms with Crippen molar-refractivity contribution in [2.75, 3.05) is 13.1 Å². The van der Waals surface area contributed by atoms with Crippen molar-refractivity contribution in [3.05, 3.63) is 65.0 Å². The van der Waals surface area contributed by atoms with E-state index in [-0.39, 0.29) is 17.5 Å². The lowest BCUT2D eigenvalue weighted by atomic mass is 9.91. The number of aryl methyl sites for hydroxylation is 1. The number of carbonyl (C=O) groups is 1. The Balaban J connectivity index is 1.64. The summed E-state index contributed by atoms with van der Waals surface area (Å²) in [6, 6.07) is 12.0. The number of amides is 1. The summed E-state index contributed by atoms with van der Waals surface area (Å²) in [7, 11) is 0. The largest absolute Gasteiger partial charge is 0.508 e. The summed E-state index contributed by atoms with van der Waals surface area (Å²) in [6.45, 7) is 3.20. The van der Waals surface area contributed by atoms with Crippen molar-refractivity contribution in [2.24, 2.45) is 5.92 Å². The fraction of sp³-hybridized carbons (Fsp3) is 0.381. The predicted molar refractivity (Wildman–Crippen MR) is 96.2 cm³/mol. The van der Waals surface area contributed by atoms with E-state index >= 15 is 0 Å². The smallest absolute Gasteiger partial charge is 0.254 e. The minimum absolute atomic E-state index is 0.0241. The molecule has 1 N–H and O–H groups in total. The number of halogens is 1. The second-order valence-corrected chi connectivity index (χ2v) is 6.84. The van der Waals surface area contributed by atoms with Gasteiger partial charge in [-0.15, -0.1) is 0 Å². The molecule has 1 saturated heterocycles. The van der Waals surface area contributed by atoms with E-state index in [0.717, 1.165) is 31.4 Å². The predicted octanol–water partition coefficient (Wildman–Crippen LogP) is 4.32. The molecule has 132 valence electrons. The highest BCUT2D eigenvalue weighted by molar-refractivity contribution is 5.96. The first-order chi connectivity index (χ1) is 12.1. The molecule has 4 heteroatoms. The Morgan fingerprint density at radius 1 is 1.24 bits per heavy atom. The van der Waals surface area contributed by atoms with Crippen molar-refractivity contribution in [3.8, 4) is 5.75 Å². The highest BCUT2D eigenvalue weighted by atomic mass is 19.1. The van der Waals surface area contributed by atoms with Gasteiger partial charge in [0.05, 0.1) is 0 Å². The molecule has 3 rings (SSSR count). The van der Waals surface area contributed by atoms with Gasteiger partial charge in [-0.25, -0.2) is 4.39 Å². The molecular weight excluding hydrogens is 317 g/mol. The number of phenolic OH excluding ortho intramolecular Hbond substituents is 1. The number of nitrogens with zero attached hydrogens (tertiary/aromatic N) is 1. The zero-order valence-electron chi connectivity index (χ0n) is 14.5. The molecule has 0 radical (unpaired) electrons. The molecule has 1 amide bonds. The molecule has 0 bridgehead atoms. The Labute approximate surface area is 148 Å². The number of hydrogen-bond acceptors (Lipinski definition) is 2. The van der Waals surface area contributed by atoms with Crippen LogP contribution in [0.3, 0.4) is 0 Å². The molecule has 1 aliphatic rings. The van der Waals surface area contributed by atoms with Crippen molar-refractivity contribution >= 4 is 5.91 Å². The fourth-order valence-corrected chi connectivity index (χ4v) is 3.57.